The van der Waals surface area contributed by atoms with E-state index in [1.807, 2.05) is 25.1 Å². The molecule has 7 heteroatoms. The van der Waals surface area contributed by atoms with E-state index in [1.165, 1.54) is 16.0 Å². The Kier molecular flexibility index (Phi) is 9.65. The second-order valence-corrected chi connectivity index (χ2v) is 4.36. The van der Waals surface area contributed by atoms with Gasteiger partial charge in [0.15, 0.2) is 0 Å². The highest BCUT2D eigenvalue weighted by atomic mass is 16.1. The van der Waals surface area contributed by atoms with Crippen LogP contribution in [0.5, 0.6) is 0 Å². The molecule has 1 aliphatic rings. The molecule has 0 amide bonds. The number of Topliss-reactive ketones (excluding diaryl/α,β-unsaturated/α-hetero) is 1. The third-order valence-corrected chi connectivity index (χ3v) is 3.08. The van der Waals surface area contributed by atoms with Gasteiger partial charge in [0.2, 0.25) is 0 Å². The van der Waals surface area contributed by atoms with E-state index in [0.717, 1.165) is 19.3 Å². The Bertz CT molecular complexity index is 528. The summed E-state index contributed by atoms with van der Waals surface area (Å²) in [7, 11) is 0. The molecule has 1 fully saturated rings. The van der Waals surface area contributed by atoms with Gasteiger partial charge in [-0.25, -0.2) is 0 Å². The van der Waals surface area contributed by atoms with E-state index in [1.54, 1.807) is 4.91 Å². The maximum atomic E-state index is 11.6. The molecule has 1 N–H and O–H groups in total. The van der Waals surface area contributed by atoms with Crippen molar-refractivity contribution in [1.82, 2.24) is 0 Å². The molecule has 0 aromatic heterocycles. The summed E-state index contributed by atoms with van der Waals surface area (Å²) in [4.78, 5) is 14.8. The maximum Gasteiger partial charge on any atom is 0.139 e. The lowest BCUT2D eigenvalue weighted by molar-refractivity contribution is -0.122. The number of rotatable bonds is 1. The zero-order valence-corrected chi connectivity index (χ0v) is 11.8. The van der Waals surface area contributed by atoms with Crippen molar-refractivity contribution in [2.75, 3.05) is 0 Å². The molecular weight excluding hydrogens is 268 g/mol. The van der Waals surface area contributed by atoms with Crippen LogP contribution >= 0.6 is 0 Å². The van der Waals surface area contributed by atoms with Gasteiger partial charge in [-0.3, -0.25) is 9.71 Å². The summed E-state index contributed by atoms with van der Waals surface area (Å²) < 4.78 is 0. The van der Waals surface area contributed by atoms with Crippen molar-refractivity contribution in [3.8, 4) is 0 Å². The molecule has 0 bridgehead atoms. The van der Waals surface area contributed by atoms with Crippen molar-refractivity contribution in [3.63, 3.8) is 0 Å². The van der Waals surface area contributed by atoms with Crippen molar-refractivity contribution in [2.45, 2.75) is 26.2 Å². The van der Waals surface area contributed by atoms with Gasteiger partial charge in [-0.1, -0.05) is 48.9 Å². The molecule has 0 spiro atoms. The van der Waals surface area contributed by atoms with Gasteiger partial charge in [0.25, 0.3) is 0 Å². The lowest BCUT2D eigenvalue weighted by Gasteiger charge is -2.20. The first kappa shape index (κ1) is 18.2. The van der Waals surface area contributed by atoms with Crippen molar-refractivity contribution < 1.29 is 4.79 Å². The largest absolute Gasteiger partial charge is 0.373 e. The second-order valence-electron chi connectivity index (χ2n) is 4.36. The average Bonchev–Trinajstić information content (AvgIpc) is 2.47. The minimum Gasteiger partial charge on any atom is -0.373 e. The molecule has 0 radical (unpaired) electrons. The summed E-state index contributed by atoms with van der Waals surface area (Å²) >= 11 is 0. The van der Waals surface area contributed by atoms with Gasteiger partial charge in [-0.05, 0) is 28.8 Å². The molecule has 0 saturated heterocycles. The Hall–Kier alpha value is -2.75. The summed E-state index contributed by atoms with van der Waals surface area (Å²) in [6.45, 7) is 2.02. The molecule has 21 heavy (non-hydrogen) atoms. The molecule has 1 unspecified atom stereocenters. The van der Waals surface area contributed by atoms with Crippen LogP contribution in [0.15, 0.2) is 35.9 Å². The Morgan fingerprint density at radius 2 is 1.71 bits per heavy atom. The smallest absolute Gasteiger partial charge is 0.139 e. The third kappa shape index (κ3) is 7.42. The fourth-order valence-corrected chi connectivity index (χ4v) is 2.07. The van der Waals surface area contributed by atoms with Crippen LogP contribution in [-0.4, -0.2) is 5.78 Å². The number of nitrogens with one attached hydrogen (secondary N) is 1. The van der Waals surface area contributed by atoms with Crippen molar-refractivity contribution >= 4 is 11.9 Å². The standard InChI is InChI=1S/C14H16O.HN3.N3/c1-11-13(8-5-9-14(11)15)10-12-6-3-2-4-7-12;2*1-3-2/h2-4,6-7,10-11H,5,8-9H2,1H3;1H;/q;;-1. The number of hydrogen-bond donors (Lipinski definition) is 1. The highest BCUT2D eigenvalue weighted by Crippen LogP contribution is 2.27. The number of carbonyl (C=O) groups excluding carboxylic acids is 1. The molecule has 1 saturated carbocycles. The third-order valence-electron chi connectivity index (χ3n) is 3.08. The van der Waals surface area contributed by atoms with E-state index in [-0.39, 0.29) is 5.92 Å². The minimum atomic E-state index is 0.124. The van der Waals surface area contributed by atoms with E-state index < -0.39 is 0 Å². The first-order valence-electron chi connectivity index (χ1n) is 6.38. The first-order valence-corrected chi connectivity index (χ1v) is 6.38. The highest BCUT2D eigenvalue weighted by Gasteiger charge is 2.21. The number of ketones is 1. The van der Waals surface area contributed by atoms with Crippen LogP contribution in [0.2, 0.25) is 0 Å². The Balaban J connectivity index is 0.000000578. The summed E-state index contributed by atoms with van der Waals surface area (Å²) in [5.74, 6) is 0.516. The van der Waals surface area contributed by atoms with Crippen LogP contribution < -0.4 is 0 Å². The number of carbonyl (C=O) groups is 1. The molecule has 1 aromatic rings. The number of benzene rings is 1. The topological polar surface area (TPSA) is 136 Å². The number of nitrogens with zero attached hydrogens (tertiary/aromatic N) is 5. The van der Waals surface area contributed by atoms with Crippen LogP contribution in [0.1, 0.15) is 31.7 Å². The summed E-state index contributed by atoms with van der Waals surface area (Å²) in [5.41, 5.74) is 28.2. The molecular formula is C14H17N6O-. The van der Waals surface area contributed by atoms with Gasteiger partial charge in [0.05, 0.1) is 0 Å². The van der Waals surface area contributed by atoms with Gasteiger partial charge in [-0.15, -0.1) is 5.53 Å². The molecule has 2 rings (SSSR count). The second kappa shape index (κ2) is 11.1. The van der Waals surface area contributed by atoms with Crippen molar-refractivity contribution in [1.29, 1.82) is 5.53 Å². The fourth-order valence-electron chi connectivity index (χ4n) is 2.07. The van der Waals surface area contributed by atoms with Crippen LogP contribution in [0, 0.1) is 11.4 Å². The molecule has 0 aliphatic heterocycles. The van der Waals surface area contributed by atoms with E-state index in [4.69, 9.17) is 22.1 Å². The fraction of sp³-hybridized carbons (Fsp3) is 0.357. The lowest BCUT2D eigenvalue weighted by Crippen LogP contribution is -2.18. The van der Waals surface area contributed by atoms with Crippen LogP contribution in [-0.2, 0) is 4.79 Å². The predicted octanol–water partition coefficient (Wildman–Crippen LogP) is 5.20. The highest BCUT2D eigenvalue weighted by molar-refractivity contribution is 5.85. The van der Waals surface area contributed by atoms with E-state index in [0.29, 0.717) is 5.78 Å². The Morgan fingerprint density at radius 3 is 2.24 bits per heavy atom. The van der Waals surface area contributed by atoms with Gasteiger partial charge in [-0.2, -0.15) is 0 Å². The molecule has 1 atom stereocenters. The van der Waals surface area contributed by atoms with Gasteiger partial charge >= 0.3 is 0 Å². The summed E-state index contributed by atoms with van der Waals surface area (Å²) in [6.07, 6.45) is 5.01. The summed E-state index contributed by atoms with van der Waals surface area (Å²) in [6, 6.07) is 10.2. The Labute approximate surface area is 123 Å². The van der Waals surface area contributed by atoms with Gasteiger partial charge in [0.1, 0.15) is 5.78 Å². The number of hydrogen-bond acceptors (Lipinski definition) is 2. The monoisotopic (exact) mass is 285 g/mol. The normalized spacial score (nSPS) is 18.2. The average molecular weight is 285 g/mol. The molecule has 0 heterocycles. The van der Waals surface area contributed by atoms with Crippen LogP contribution in [0.3, 0.4) is 0 Å². The molecule has 110 valence electrons. The van der Waals surface area contributed by atoms with Crippen molar-refractivity contribution in [3.05, 3.63) is 67.9 Å². The molecule has 7 nitrogen and oxygen atoms in total. The minimum absolute atomic E-state index is 0.124. The van der Waals surface area contributed by atoms with Crippen LogP contribution in [0.4, 0.5) is 0 Å². The van der Waals surface area contributed by atoms with Crippen molar-refractivity contribution in [2.24, 2.45) is 5.92 Å². The SMILES string of the molecule is CC1C(=O)CCCC1=Cc1ccccc1.[N-]=[N+]=N.[N-]=[N+]=[N-]. The number of allylic oxidation sites excluding steroid dienone is 1. The lowest BCUT2D eigenvalue weighted by atomic mass is 9.83. The Morgan fingerprint density at radius 1 is 1.19 bits per heavy atom. The summed E-state index contributed by atoms with van der Waals surface area (Å²) in [5, 5.41) is 0. The quantitative estimate of drug-likeness (QED) is 0.423. The van der Waals surface area contributed by atoms with Crippen LogP contribution in [0.25, 0.3) is 32.5 Å². The maximum absolute atomic E-state index is 11.6. The molecule has 1 aliphatic carbocycles. The van der Waals surface area contributed by atoms with Gasteiger partial charge < -0.3 is 11.1 Å². The van der Waals surface area contributed by atoms with E-state index in [2.05, 4.69) is 18.2 Å². The first-order chi connectivity index (χ1) is 10.1. The molecule has 1 aromatic carbocycles. The van der Waals surface area contributed by atoms with E-state index in [9.17, 15) is 4.79 Å². The zero-order valence-electron chi connectivity index (χ0n) is 11.8. The van der Waals surface area contributed by atoms with E-state index >= 15 is 0 Å². The van der Waals surface area contributed by atoms with Gasteiger partial charge in [0, 0.05) is 12.3 Å². The zero-order chi connectivity index (χ0) is 16.1. The predicted molar refractivity (Wildman–Crippen MR) is 82.0 cm³/mol.